The Morgan fingerprint density at radius 1 is 1.61 bits per heavy atom. The normalized spacial score (nSPS) is 23.4. The molecule has 1 amide bonds. The second kappa shape index (κ2) is 5.65. The molecule has 2 atom stereocenters. The van der Waals surface area contributed by atoms with Crippen LogP contribution in [0.25, 0.3) is 0 Å². The van der Waals surface area contributed by atoms with Crippen molar-refractivity contribution in [3.63, 3.8) is 0 Å². The van der Waals surface area contributed by atoms with E-state index in [4.69, 9.17) is 11.6 Å². The van der Waals surface area contributed by atoms with E-state index in [-0.39, 0.29) is 17.7 Å². The van der Waals surface area contributed by atoms with Crippen LogP contribution < -0.4 is 0 Å². The second-order valence-corrected chi connectivity index (χ2v) is 6.12. The molecule has 2 unspecified atom stereocenters. The molecule has 2 rings (SSSR count). The van der Waals surface area contributed by atoms with Crippen molar-refractivity contribution in [3.8, 4) is 5.75 Å². The molecule has 0 spiro atoms. The van der Waals surface area contributed by atoms with E-state index in [2.05, 4.69) is 6.92 Å². The van der Waals surface area contributed by atoms with Crippen molar-refractivity contribution in [1.29, 1.82) is 0 Å². The van der Waals surface area contributed by atoms with E-state index >= 15 is 0 Å². The average Bonchev–Trinajstić information content (AvgIpc) is 2.73. The van der Waals surface area contributed by atoms with Gasteiger partial charge in [0, 0.05) is 24.0 Å². The van der Waals surface area contributed by atoms with E-state index in [1.54, 1.807) is 12.1 Å². The Labute approximate surface area is 125 Å². The Kier molecular flexibility index (Phi) is 4.37. The number of phenols is 1. The molecular weight excluding hydrogens is 365 g/mol. The predicted octanol–water partition coefficient (Wildman–Crippen LogP) is 3.09. The first-order valence-corrected chi connectivity index (χ1v) is 7.51. The molecule has 0 aliphatic carbocycles. The SMILES string of the molecule is CC1CCN(C(=O)c2ccc(I)c(O)c2)C1CCl. The number of hydrogen-bond acceptors (Lipinski definition) is 2. The Morgan fingerprint density at radius 3 is 2.94 bits per heavy atom. The lowest BCUT2D eigenvalue weighted by molar-refractivity contribution is 0.0736. The van der Waals surface area contributed by atoms with Crippen molar-refractivity contribution in [2.45, 2.75) is 19.4 Å². The van der Waals surface area contributed by atoms with E-state index in [1.165, 1.54) is 6.07 Å². The standard InChI is InChI=1S/C13H15ClINO2/c1-8-4-5-16(11(8)7-14)13(18)9-2-3-10(15)12(17)6-9/h2-3,6,8,11,17H,4-5,7H2,1H3. The summed E-state index contributed by atoms with van der Waals surface area (Å²) < 4.78 is 0.743. The van der Waals surface area contributed by atoms with Crippen LogP contribution in [0.1, 0.15) is 23.7 Å². The van der Waals surface area contributed by atoms with E-state index in [1.807, 2.05) is 27.5 Å². The third-order valence-electron chi connectivity index (χ3n) is 3.49. The smallest absolute Gasteiger partial charge is 0.254 e. The van der Waals surface area contributed by atoms with Crippen LogP contribution in [0.4, 0.5) is 0 Å². The summed E-state index contributed by atoms with van der Waals surface area (Å²) in [6.45, 7) is 2.86. The van der Waals surface area contributed by atoms with Gasteiger partial charge in [0.2, 0.25) is 0 Å². The molecule has 1 N–H and O–H groups in total. The van der Waals surface area contributed by atoms with Gasteiger partial charge in [-0.3, -0.25) is 4.79 Å². The number of likely N-dealkylation sites (tertiary alicyclic amines) is 1. The maximum atomic E-state index is 12.4. The van der Waals surface area contributed by atoms with Gasteiger partial charge in [0.25, 0.3) is 5.91 Å². The van der Waals surface area contributed by atoms with Gasteiger partial charge < -0.3 is 10.0 Å². The summed E-state index contributed by atoms with van der Waals surface area (Å²) in [5.74, 6) is 1.00. The van der Waals surface area contributed by atoms with Crippen LogP contribution in [0.2, 0.25) is 0 Å². The summed E-state index contributed by atoms with van der Waals surface area (Å²) >= 11 is 7.97. The minimum Gasteiger partial charge on any atom is -0.507 e. The molecule has 1 aliphatic rings. The molecule has 1 aliphatic heterocycles. The second-order valence-electron chi connectivity index (χ2n) is 4.65. The van der Waals surface area contributed by atoms with Crippen LogP contribution in [0.15, 0.2) is 18.2 Å². The van der Waals surface area contributed by atoms with E-state index < -0.39 is 0 Å². The zero-order chi connectivity index (χ0) is 13.3. The molecule has 1 saturated heterocycles. The third kappa shape index (κ3) is 2.59. The quantitative estimate of drug-likeness (QED) is 0.634. The zero-order valence-electron chi connectivity index (χ0n) is 10.1. The molecule has 1 aromatic rings. The number of rotatable bonds is 2. The summed E-state index contributed by atoms with van der Waals surface area (Å²) in [5.41, 5.74) is 0.525. The first kappa shape index (κ1) is 13.9. The minimum absolute atomic E-state index is 0.0447. The fraction of sp³-hybridized carbons (Fsp3) is 0.462. The molecule has 0 radical (unpaired) electrons. The Hall–Kier alpha value is -0.490. The van der Waals surface area contributed by atoms with Gasteiger partial charge in [0.1, 0.15) is 5.75 Å². The van der Waals surface area contributed by atoms with Gasteiger partial charge >= 0.3 is 0 Å². The van der Waals surface area contributed by atoms with Gasteiger partial charge in [-0.25, -0.2) is 0 Å². The molecule has 0 aromatic heterocycles. The van der Waals surface area contributed by atoms with Crippen LogP contribution in [-0.2, 0) is 0 Å². The van der Waals surface area contributed by atoms with Crippen molar-refractivity contribution < 1.29 is 9.90 Å². The first-order chi connectivity index (χ1) is 8.54. The molecule has 0 saturated carbocycles. The van der Waals surface area contributed by atoms with Crippen LogP contribution in [-0.4, -0.2) is 34.4 Å². The van der Waals surface area contributed by atoms with Crippen molar-refractivity contribution in [2.24, 2.45) is 5.92 Å². The van der Waals surface area contributed by atoms with E-state index in [9.17, 15) is 9.90 Å². The maximum absolute atomic E-state index is 12.4. The molecule has 1 fully saturated rings. The van der Waals surface area contributed by atoms with E-state index in [0.717, 1.165) is 16.5 Å². The Bertz CT molecular complexity index is 466. The molecular formula is C13H15ClINO2. The molecule has 3 nitrogen and oxygen atoms in total. The molecule has 18 heavy (non-hydrogen) atoms. The molecule has 1 aromatic carbocycles. The van der Waals surface area contributed by atoms with Gasteiger partial charge in [-0.2, -0.15) is 0 Å². The Morgan fingerprint density at radius 2 is 2.33 bits per heavy atom. The van der Waals surface area contributed by atoms with Crippen LogP contribution in [0, 0.1) is 9.49 Å². The number of carbonyl (C=O) groups is 1. The number of aromatic hydroxyl groups is 1. The fourth-order valence-electron chi connectivity index (χ4n) is 2.31. The maximum Gasteiger partial charge on any atom is 0.254 e. The van der Waals surface area contributed by atoms with Crippen molar-refractivity contribution in [1.82, 2.24) is 4.90 Å². The van der Waals surface area contributed by atoms with Crippen molar-refractivity contribution in [2.75, 3.05) is 12.4 Å². The monoisotopic (exact) mass is 379 g/mol. The lowest BCUT2D eigenvalue weighted by Gasteiger charge is -2.25. The zero-order valence-corrected chi connectivity index (χ0v) is 13.0. The summed E-state index contributed by atoms with van der Waals surface area (Å²) in [5, 5.41) is 9.66. The predicted molar refractivity (Wildman–Crippen MR) is 80.1 cm³/mol. The van der Waals surface area contributed by atoms with Crippen LogP contribution in [0.3, 0.4) is 0 Å². The first-order valence-electron chi connectivity index (χ1n) is 5.90. The largest absolute Gasteiger partial charge is 0.507 e. The van der Waals surface area contributed by atoms with Gasteiger partial charge in [0.05, 0.1) is 3.57 Å². The minimum atomic E-state index is -0.0447. The Balaban J connectivity index is 2.23. The highest BCUT2D eigenvalue weighted by atomic mass is 127. The average molecular weight is 380 g/mol. The number of hydrogen-bond donors (Lipinski definition) is 1. The molecule has 1 heterocycles. The molecule has 98 valence electrons. The fourth-order valence-corrected chi connectivity index (χ4v) is 3.11. The number of carbonyl (C=O) groups excluding carboxylic acids is 1. The number of phenolic OH excluding ortho intramolecular Hbond substituents is 1. The number of halogens is 2. The highest BCUT2D eigenvalue weighted by Gasteiger charge is 2.34. The topological polar surface area (TPSA) is 40.5 Å². The number of alkyl halides is 1. The van der Waals surface area contributed by atoms with Crippen molar-refractivity contribution in [3.05, 3.63) is 27.3 Å². The number of benzene rings is 1. The van der Waals surface area contributed by atoms with Crippen LogP contribution >= 0.6 is 34.2 Å². The summed E-state index contributed by atoms with van der Waals surface area (Å²) in [6, 6.07) is 5.12. The number of amides is 1. The van der Waals surface area contributed by atoms with E-state index in [0.29, 0.717) is 17.4 Å². The van der Waals surface area contributed by atoms with Crippen LogP contribution in [0.5, 0.6) is 5.75 Å². The summed E-state index contributed by atoms with van der Waals surface area (Å²) in [7, 11) is 0. The molecule has 5 heteroatoms. The lowest BCUT2D eigenvalue weighted by atomic mass is 10.0. The summed E-state index contributed by atoms with van der Waals surface area (Å²) in [6.07, 6.45) is 0.986. The summed E-state index contributed by atoms with van der Waals surface area (Å²) in [4.78, 5) is 14.2. The highest BCUT2D eigenvalue weighted by Crippen LogP contribution is 2.28. The van der Waals surface area contributed by atoms with Gasteiger partial charge in [0.15, 0.2) is 0 Å². The molecule has 0 bridgehead atoms. The van der Waals surface area contributed by atoms with Gasteiger partial charge in [-0.1, -0.05) is 6.92 Å². The number of nitrogens with zero attached hydrogens (tertiary/aromatic N) is 1. The van der Waals surface area contributed by atoms with Gasteiger partial charge in [-0.05, 0) is 53.1 Å². The van der Waals surface area contributed by atoms with Crippen molar-refractivity contribution >= 4 is 40.1 Å². The highest BCUT2D eigenvalue weighted by molar-refractivity contribution is 14.1. The van der Waals surface area contributed by atoms with Gasteiger partial charge in [-0.15, -0.1) is 11.6 Å². The lowest BCUT2D eigenvalue weighted by Crippen LogP contribution is -2.38. The third-order valence-corrected chi connectivity index (χ3v) is 4.72.